The molecular formula is C17H29N3O6S. The van der Waals surface area contributed by atoms with Crippen LogP contribution in [0.1, 0.15) is 31.1 Å². The van der Waals surface area contributed by atoms with Gasteiger partial charge >= 0.3 is 0 Å². The molecule has 2 N–H and O–H groups in total. The minimum Gasteiger partial charge on any atom is -0.490 e. The first-order chi connectivity index (χ1) is 12.8. The molecular weight excluding hydrogens is 374 g/mol. The summed E-state index contributed by atoms with van der Waals surface area (Å²) >= 11 is 0. The molecule has 0 heterocycles. The van der Waals surface area contributed by atoms with Crippen LogP contribution in [0.4, 0.5) is 0 Å². The zero-order valence-corrected chi connectivity index (χ0v) is 17.3. The topological polar surface area (TPSA) is 106 Å². The normalized spacial score (nSPS) is 11.3. The Kier molecular flexibility index (Phi) is 9.33. The Morgan fingerprint density at radius 3 is 1.93 bits per heavy atom. The maximum atomic E-state index is 12.4. The Morgan fingerprint density at radius 2 is 1.48 bits per heavy atom. The van der Waals surface area contributed by atoms with Gasteiger partial charge in [-0.1, -0.05) is 0 Å². The summed E-state index contributed by atoms with van der Waals surface area (Å²) in [6.45, 7) is 6.96. The maximum Gasteiger partial charge on any atom is 0.278 e. The van der Waals surface area contributed by atoms with Crippen molar-refractivity contribution in [2.24, 2.45) is 0 Å². The van der Waals surface area contributed by atoms with E-state index in [9.17, 15) is 13.2 Å². The number of benzene rings is 1. The van der Waals surface area contributed by atoms with Gasteiger partial charge in [0.25, 0.3) is 16.1 Å². The SMILES string of the molecule is CCOc1cc(C(=O)NCCNS(=O)(=O)N(C)C)cc(OCC)c1OCC. The van der Waals surface area contributed by atoms with Gasteiger partial charge in [-0.3, -0.25) is 4.79 Å². The van der Waals surface area contributed by atoms with Crippen LogP contribution < -0.4 is 24.2 Å². The predicted molar refractivity (Wildman–Crippen MR) is 103 cm³/mol. The van der Waals surface area contributed by atoms with Crippen molar-refractivity contribution in [1.82, 2.24) is 14.3 Å². The number of amides is 1. The third-order valence-corrected chi connectivity index (χ3v) is 4.88. The molecule has 0 bridgehead atoms. The molecule has 1 amide bonds. The number of hydrogen-bond donors (Lipinski definition) is 2. The second-order valence-electron chi connectivity index (χ2n) is 5.54. The van der Waals surface area contributed by atoms with Gasteiger partial charge in [0.05, 0.1) is 19.8 Å². The van der Waals surface area contributed by atoms with Gasteiger partial charge in [0.15, 0.2) is 11.5 Å². The van der Waals surface area contributed by atoms with E-state index in [1.54, 1.807) is 12.1 Å². The molecule has 0 unspecified atom stereocenters. The fraction of sp³-hybridized carbons (Fsp3) is 0.588. The number of carbonyl (C=O) groups is 1. The molecule has 0 radical (unpaired) electrons. The zero-order chi connectivity index (χ0) is 20.4. The Balaban J connectivity index is 2.89. The summed E-state index contributed by atoms with van der Waals surface area (Å²) in [7, 11) is -0.681. The molecule has 0 atom stereocenters. The molecule has 0 aromatic heterocycles. The number of hydrogen-bond acceptors (Lipinski definition) is 6. The van der Waals surface area contributed by atoms with Gasteiger partial charge in [0.2, 0.25) is 5.75 Å². The lowest BCUT2D eigenvalue weighted by Crippen LogP contribution is -2.40. The van der Waals surface area contributed by atoms with Crippen LogP contribution in [0.25, 0.3) is 0 Å². The molecule has 1 aromatic carbocycles. The van der Waals surface area contributed by atoms with Crippen LogP contribution >= 0.6 is 0 Å². The van der Waals surface area contributed by atoms with Gasteiger partial charge in [-0.2, -0.15) is 12.7 Å². The Hall–Kier alpha value is -2.04. The van der Waals surface area contributed by atoms with Crippen LogP contribution in [0.15, 0.2) is 12.1 Å². The first kappa shape index (κ1) is 23.0. The van der Waals surface area contributed by atoms with E-state index < -0.39 is 10.2 Å². The summed E-state index contributed by atoms with van der Waals surface area (Å²) in [5.41, 5.74) is 0.334. The molecule has 0 saturated carbocycles. The summed E-state index contributed by atoms with van der Waals surface area (Å²) in [5, 5.41) is 2.66. The van der Waals surface area contributed by atoms with Gasteiger partial charge < -0.3 is 19.5 Å². The van der Waals surface area contributed by atoms with Crippen molar-refractivity contribution >= 4 is 16.1 Å². The fourth-order valence-electron chi connectivity index (χ4n) is 2.11. The summed E-state index contributed by atoms with van der Waals surface area (Å²) in [6, 6.07) is 3.16. The van der Waals surface area contributed by atoms with Crippen LogP contribution in [0.3, 0.4) is 0 Å². The minimum atomic E-state index is -3.53. The molecule has 0 saturated heterocycles. The molecule has 27 heavy (non-hydrogen) atoms. The Morgan fingerprint density at radius 1 is 0.963 bits per heavy atom. The average Bonchev–Trinajstić information content (AvgIpc) is 2.61. The van der Waals surface area contributed by atoms with Crippen molar-refractivity contribution in [3.63, 3.8) is 0 Å². The molecule has 10 heteroatoms. The summed E-state index contributed by atoms with van der Waals surface area (Å²) < 4.78 is 43.5. The summed E-state index contributed by atoms with van der Waals surface area (Å²) in [4.78, 5) is 12.4. The monoisotopic (exact) mass is 403 g/mol. The molecule has 9 nitrogen and oxygen atoms in total. The number of rotatable bonds is 12. The largest absolute Gasteiger partial charge is 0.490 e. The van der Waals surface area contributed by atoms with E-state index in [1.807, 2.05) is 20.8 Å². The van der Waals surface area contributed by atoms with E-state index in [-0.39, 0.29) is 19.0 Å². The highest BCUT2D eigenvalue weighted by molar-refractivity contribution is 7.87. The Bertz CT molecular complexity index is 694. The molecule has 154 valence electrons. The average molecular weight is 404 g/mol. The fourth-order valence-corrected chi connectivity index (χ4v) is 2.73. The lowest BCUT2D eigenvalue weighted by atomic mass is 10.1. The number of nitrogens with zero attached hydrogens (tertiary/aromatic N) is 1. The van der Waals surface area contributed by atoms with Crippen molar-refractivity contribution < 1.29 is 27.4 Å². The van der Waals surface area contributed by atoms with Crippen LogP contribution in [0, 0.1) is 0 Å². The highest BCUT2D eigenvalue weighted by atomic mass is 32.2. The molecule has 1 aromatic rings. The van der Waals surface area contributed by atoms with Crippen molar-refractivity contribution in [3.8, 4) is 17.2 Å². The van der Waals surface area contributed by atoms with Gasteiger partial charge in [-0.05, 0) is 32.9 Å². The summed E-state index contributed by atoms with van der Waals surface area (Å²) in [5.74, 6) is 0.924. The number of ether oxygens (including phenoxy) is 3. The van der Waals surface area contributed by atoms with E-state index in [0.717, 1.165) is 4.31 Å². The standard InChI is InChI=1S/C17H29N3O6S/c1-6-24-14-11-13(12-15(25-7-2)16(14)26-8-3)17(21)18-9-10-19-27(22,23)20(4)5/h11-12,19H,6-10H2,1-5H3,(H,18,21). The van der Waals surface area contributed by atoms with E-state index >= 15 is 0 Å². The molecule has 1 rings (SSSR count). The minimum absolute atomic E-state index is 0.0694. The highest BCUT2D eigenvalue weighted by Crippen LogP contribution is 2.39. The highest BCUT2D eigenvalue weighted by Gasteiger charge is 2.18. The number of carbonyl (C=O) groups excluding carboxylic acids is 1. The zero-order valence-electron chi connectivity index (χ0n) is 16.5. The van der Waals surface area contributed by atoms with E-state index in [1.165, 1.54) is 14.1 Å². The molecule has 0 aliphatic heterocycles. The predicted octanol–water partition coefficient (Wildman–Crippen LogP) is 1.01. The molecule has 0 fully saturated rings. The third-order valence-electron chi connectivity index (χ3n) is 3.35. The molecule has 0 aliphatic carbocycles. The van der Waals surface area contributed by atoms with Crippen molar-refractivity contribution in [1.29, 1.82) is 0 Å². The van der Waals surface area contributed by atoms with Crippen molar-refractivity contribution in [2.75, 3.05) is 47.0 Å². The third kappa shape index (κ3) is 6.89. The van der Waals surface area contributed by atoms with E-state index in [0.29, 0.717) is 42.6 Å². The lowest BCUT2D eigenvalue weighted by Gasteiger charge is -2.17. The summed E-state index contributed by atoms with van der Waals surface area (Å²) in [6.07, 6.45) is 0. The van der Waals surface area contributed by atoms with Crippen molar-refractivity contribution in [3.05, 3.63) is 17.7 Å². The Labute approximate surface area is 161 Å². The van der Waals surface area contributed by atoms with E-state index in [4.69, 9.17) is 14.2 Å². The van der Waals surface area contributed by atoms with Crippen LogP contribution in [-0.4, -0.2) is 65.6 Å². The molecule has 0 spiro atoms. The first-order valence-electron chi connectivity index (χ1n) is 8.78. The second-order valence-corrected chi connectivity index (χ2v) is 7.51. The molecule has 0 aliphatic rings. The van der Waals surface area contributed by atoms with Crippen molar-refractivity contribution in [2.45, 2.75) is 20.8 Å². The van der Waals surface area contributed by atoms with Gasteiger partial charge in [0, 0.05) is 32.7 Å². The van der Waals surface area contributed by atoms with Crippen LogP contribution in [0.2, 0.25) is 0 Å². The van der Waals surface area contributed by atoms with Gasteiger partial charge in [0.1, 0.15) is 0 Å². The van der Waals surface area contributed by atoms with E-state index in [2.05, 4.69) is 10.0 Å². The number of nitrogens with one attached hydrogen (secondary N) is 2. The lowest BCUT2D eigenvalue weighted by molar-refractivity contribution is 0.0953. The quantitative estimate of drug-likeness (QED) is 0.505. The maximum absolute atomic E-state index is 12.4. The van der Waals surface area contributed by atoms with Gasteiger partial charge in [-0.25, -0.2) is 4.72 Å². The van der Waals surface area contributed by atoms with Crippen LogP contribution in [-0.2, 0) is 10.2 Å². The smallest absolute Gasteiger partial charge is 0.278 e. The van der Waals surface area contributed by atoms with Gasteiger partial charge in [-0.15, -0.1) is 0 Å². The second kappa shape index (κ2) is 11.0. The van der Waals surface area contributed by atoms with Crippen LogP contribution in [0.5, 0.6) is 17.2 Å². The first-order valence-corrected chi connectivity index (χ1v) is 10.2.